The lowest BCUT2D eigenvalue weighted by atomic mass is 10.2. The predicted molar refractivity (Wildman–Crippen MR) is 52.2 cm³/mol. The molecule has 0 rings (SSSR count). The summed E-state index contributed by atoms with van der Waals surface area (Å²) < 4.78 is 35.8. The third-order valence-electron chi connectivity index (χ3n) is 1.89. The van der Waals surface area contributed by atoms with Gasteiger partial charge in [-0.2, -0.15) is 13.2 Å². The van der Waals surface area contributed by atoms with E-state index in [0.717, 1.165) is 12.0 Å². The average molecular weight is 209 g/mol. The molecule has 0 saturated heterocycles. The first-order valence-electron chi connectivity index (χ1n) is 4.76. The number of allylic oxidation sites excluding steroid dienone is 1. The predicted octanol–water partition coefficient (Wildman–Crippen LogP) is 3.23. The van der Waals surface area contributed by atoms with Gasteiger partial charge >= 0.3 is 6.18 Å². The van der Waals surface area contributed by atoms with Gasteiger partial charge in [-0.3, -0.25) is 4.90 Å². The molecular weight excluding hydrogens is 191 g/mol. The Kier molecular flexibility index (Phi) is 5.84. The Morgan fingerprint density at radius 1 is 1.36 bits per heavy atom. The van der Waals surface area contributed by atoms with E-state index in [0.29, 0.717) is 13.0 Å². The van der Waals surface area contributed by atoms with Gasteiger partial charge in [-0.25, -0.2) is 0 Å². The summed E-state index contributed by atoms with van der Waals surface area (Å²) >= 11 is 0. The average Bonchev–Trinajstić information content (AvgIpc) is 1.98. The Bertz CT molecular complexity index is 184. The van der Waals surface area contributed by atoms with Crippen molar-refractivity contribution >= 4 is 0 Å². The van der Waals surface area contributed by atoms with E-state index in [4.69, 9.17) is 0 Å². The zero-order valence-corrected chi connectivity index (χ0v) is 8.99. The second-order valence-corrected chi connectivity index (χ2v) is 3.56. The summed E-state index contributed by atoms with van der Waals surface area (Å²) in [6, 6.07) is 0. The van der Waals surface area contributed by atoms with Gasteiger partial charge in [0.2, 0.25) is 0 Å². The molecule has 0 heterocycles. The van der Waals surface area contributed by atoms with Gasteiger partial charge in [-0.05, 0) is 26.8 Å². The van der Waals surface area contributed by atoms with Crippen LogP contribution in [0.4, 0.5) is 13.2 Å². The van der Waals surface area contributed by atoms with E-state index in [-0.39, 0.29) is 0 Å². The maximum Gasteiger partial charge on any atom is 0.401 e. The van der Waals surface area contributed by atoms with Crippen molar-refractivity contribution in [1.29, 1.82) is 0 Å². The molecule has 4 heteroatoms. The molecule has 0 aromatic rings. The molecule has 14 heavy (non-hydrogen) atoms. The van der Waals surface area contributed by atoms with Gasteiger partial charge in [0.05, 0.1) is 6.54 Å². The quantitative estimate of drug-likeness (QED) is 0.628. The molecule has 0 atom stereocenters. The summed E-state index contributed by atoms with van der Waals surface area (Å²) in [6.45, 7) is 3.60. The second-order valence-electron chi connectivity index (χ2n) is 3.56. The molecule has 0 N–H and O–H groups in total. The molecule has 0 aliphatic heterocycles. The molecule has 0 aromatic heterocycles. The lowest BCUT2D eigenvalue weighted by Gasteiger charge is -2.18. The maximum absolute atomic E-state index is 11.9. The normalized spacial score (nSPS) is 13.8. The number of halogens is 3. The smallest absolute Gasteiger partial charge is 0.298 e. The molecule has 0 aliphatic rings. The van der Waals surface area contributed by atoms with Crippen LogP contribution >= 0.6 is 0 Å². The summed E-state index contributed by atoms with van der Waals surface area (Å²) in [6.07, 6.45) is -0.395. The van der Waals surface area contributed by atoms with Crippen molar-refractivity contribution in [2.45, 2.75) is 32.9 Å². The standard InChI is InChI=1S/C10H18F3N/c1-4-5-9(2)6-7-14(3)8-10(11,12)13/h5H,4,6-8H2,1-3H3/b9-5+. The van der Waals surface area contributed by atoms with Gasteiger partial charge in [0.1, 0.15) is 0 Å². The van der Waals surface area contributed by atoms with Crippen molar-refractivity contribution < 1.29 is 13.2 Å². The highest BCUT2D eigenvalue weighted by Crippen LogP contribution is 2.16. The minimum atomic E-state index is -4.09. The fourth-order valence-electron chi connectivity index (χ4n) is 1.20. The SMILES string of the molecule is CC/C=C(\C)CCN(C)CC(F)(F)F. The van der Waals surface area contributed by atoms with E-state index < -0.39 is 12.7 Å². The minimum absolute atomic E-state index is 0.460. The summed E-state index contributed by atoms with van der Waals surface area (Å²) in [4.78, 5) is 1.30. The molecule has 0 spiro atoms. The van der Waals surface area contributed by atoms with E-state index in [9.17, 15) is 13.2 Å². The maximum atomic E-state index is 11.9. The van der Waals surface area contributed by atoms with Crippen LogP contribution in [0.15, 0.2) is 11.6 Å². The first-order valence-corrected chi connectivity index (χ1v) is 4.76. The molecule has 0 amide bonds. The fourth-order valence-corrected chi connectivity index (χ4v) is 1.20. The van der Waals surface area contributed by atoms with Crippen LogP contribution in [0, 0.1) is 0 Å². The van der Waals surface area contributed by atoms with Crippen LogP contribution in [0.2, 0.25) is 0 Å². The molecule has 0 radical (unpaired) electrons. The topological polar surface area (TPSA) is 3.24 Å². The summed E-state index contributed by atoms with van der Waals surface area (Å²) in [5.74, 6) is 0. The van der Waals surface area contributed by atoms with Crippen LogP contribution in [0.1, 0.15) is 26.7 Å². The van der Waals surface area contributed by atoms with E-state index in [1.807, 2.05) is 19.9 Å². The van der Waals surface area contributed by atoms with Crippen LogP contribution in [0.5, 0.6) is 0 Å². The van der Waals surface area contributed by atoms with E-state index in [1.54, 1.807) is 0 Å². The number of hydrogen-bond donors (Lipinski definition) is 0. The number of alkyl halides is 3. The third-order valence-corrected chi connectivity index (χ3v) is 1.89. The molecule has 0 fully saturated rings. The highest BCUT2D eigenvalue weighted by atomic mass is 19.4. The van der Waals surface area contributed by atoms with Gasteiger partial charge in [0, 0.05) is 6.54 Å². The van der Waals surface area contributed by atoms with Crippen LogP contribution in [0.3, 0.4) is 0 Å². The monoisotopic (exact) mass is 209 g/mol. The highest BCUT2D eigenvalue weighted by molar-refractivity contribution is 4.97. The molecule has 1 nitrogen and oxygen atoms in total. The van der Waals surface area contributed by atoms with Crippen molar-refractivity contribution in [2.75, 3.05) is 20.1 Å². The first kappa shape index (κ1) is 13.5. The zero-order chi connectivity index (χ0) is 11.2. The third kappa shape index (κ3) is 8.10. The number of hydrogen-bond acceptors (Lipinski definition) is 1. The Morgan fingerprint density at radius 3 is 2.36 bits per heavy atom. The summed E-state index contributed by atoms with van der Waals surface area (Å²) in [5, 5.41) is 0. The van der Waals surface area contributed by atoms with Gasteiger partial charge in [0.15, 0.2) is 0 Å². The Hall–Kier alpha value is -0.510. The van der Waals surface area contributed by atoms with E-state index >= 15 is 0 Å². The summed E-state index contributed by atoms with van der Waals surface area (Å²) in [5.41, 5.74) is 1.15. The number of rotatable bonds is 5. The van der Waals surface area contributed by atoms with Crippen LogP contribution in [0.25, 0.3) is 0 Å². The molecular formula is C10H18F3N. The summed E-state index contributed by atoms with van der Waals surface area (Å²) in [7, 11) is 1.49. The highest BCUT2D eigenvalue weighted by Gasteiger charge is 2.28. The molecule has 0 bridgehead atoms. The minimum Gasteiger partial charge on any atom is -0.298 e. The largest absolute Gasteiger partial charge is 0.401 e. The molecule has 0 aliphatic carbocycles. The lowest BCUT2D eigenvalue weighted by molar-refractivity contribution is -0.142. The van der Waals surface area contributed by atoms with Crippen molar-refractivity contribution in [1.82, 2.24) is 4.90 Å². The molecule has 0 saturated carbocycles. The van der Waals surface area contributed by atoms with Crippen molar-refractivity contribution in [2.24, 2.45) is 0 Å². The second kappa shape index (κ2) is 6.06. The molecule has 0 aromatic carbocycles. The van der Waals surface area contributed by atoms with Crippen molar-refractivity contribution in [3.63, 3.8) is 0 Å². The first-order chi connectivity index (χ1) is 6.35. The van der Waals surface area contributed by atoms with Gasteiger partial charge < -0.3 is 0 Å². The van der Waals surface area contributed by atoms with Crippen molar-refractivity contribution in [3.8, 4) is 0 Å². The van der Waals surface area contributed by atoms with Crippen LogP contribution in [-0.2, 0) is 0 Å². The van der Waals surface area contributed by atoms with Gasteiger partial charge in [0.25, 0.3) is 0 Å². The van der Waals surface area contributed by atoms with Crippen molar-refractivity contribution in [3.05, 3.63) is 11.6 Å². The Labute approximate surface area is 83.6 Å². The molecule has 0 unspecified atom stereocenters. The molecule has 84 valence electrons. The lowest BCUT2D eigenvalue weighted by Crippen LogP contribution is -2.31. The number of nitrogens with zero attached hydrogens (tertiary/aromatic N) is 1. The Morgan fingerprint density at radius 2 is 1.93 bits per heavy atom. The van der Waals surface area contributed by atoms with Crippen LogP contribution in [-0.4, -0.2) is 31.2 Å². The van der Waals surface area contributed by atoms with E-state index in [2.05, 4.69) is 0 Å². The van der Waals surface area contributed by atoms with Crippen LogP contribution < -0.4 is 0 Å². The van der Waals surface area contributed by atoms with Gasteiger partial charge in [-0.15, -0.1) is 0 Å². The van der Waals surface area contributed by atoms with E-state index in [1.165, 1.54) is 11.9 Å². The van der Waals surface area contributed by atoms with Gasteiger partial charge in [-0.1, -0.05) is 18.6 Å². The zero-order valence-electron chi connectivity index (χ0n) is 8.99. The Balaban J connectivity index is 3.74. The fraction of sp³-hybridized carbons (Fsp3) is 0.800.